The zero-order valence-corrected chi connectivity index (χ0v) is 16.9. The summed E-state index contributed by atoms with van der Waals surface area (Å²) >= 11 is 0. The Bertz CT molecular complexity index is 971. The number of anilines is 2. The van der Waals surface area contributed by atoms with Crippen LogP contribution in [0, 0.1) is 23.5 Å². The first-order valence-electron chi connectivity index (χ1n) is 10.3. The first-order chi connectivity index (χ1) is 14.9. The Hall–Kier alpha value is -3.29. The van der Waals surface area contributed by atoms with Gasteiger partial charge in [-0.05, 0) is 37.1 Å². The van der Waals surface area contributed by atoms with Gasteiger partial charge in [0.25, 0.3) is 0 Å². The molecule has 0 radical (unpaired) electrons. The molecule has 1 unspecified atom stereocenters. The number of carbonyl (C=O) groups is 3. The van der Waals surface area contributed by atoms with Gasteiger partial charge in [0.2, 0.25) is 17.7 Å². The van der Waals surface area contributed by atoms with E-state index in [1.54, 1.807) is 9.80 Å². The maximum atomic E-state index is 13.3. The third kappa shape index (κ3) is 4.73. The number of amides is 3. The van der Waals surface area contributed by atoms with E-state index < -0.39 is 17.6 Å². The van der Waals surface area contributed by atoms with E-state index in [0.29, 0.717) is 32.5 Å². The number of nitrogens with one attached hydrogen (secondary N) is 1. The lowest BCUT2D eigenvalue weighted by molar-refractivity contribution is -0.138. The molecule has 1 atom stereocenters. The van der Waals surface area contributed by atoms with Gasteiger partial charge in [-0.3, -0.25) is 14.4 Å². The summed E-state index contributed by atoms with van der Waals surface area (Å²) in [6.45, 7) is 1.17. The van der Waals surface area contributed by atoms with E-state index in [-0.39, 0.29) is 35.7 Å². The summed E-state index contributed by atoms with van der Waals surface area (Å²) in [5, 5.41) is 2.55. The van der Waals surface area contributed by atoms with Gasteiger partial charge >= 0.3 is 0 Å². The lowest BCUT2D eigenvalue weighted by Crippen LogP contribution is -2.44. The maximum Gasteiger partial charge on any atom is 0.228 e. The SMILES string of the molecule is O=C(Nc1cc(F)cc(F)c1)C1CCN(C(=O)C2CC(=O)N(c3ccccc3)C2)CC1. The largest absolute Gasteiger partial charge is 0.342 e. The Morgan fingerprint density at radius 1 is 0.935 bits per heavy atom. The summed E-state index contributed by atoms with van der Waals surface area (Å²) in [4.78, 5) is 41.1. The number of halogens is 2. The first-order valence-corrected chi connectivity index (χ1v) is 10.3. The summed E-state index contributed by atoms with van der Waals surface area (Å²) < 4.78 is 26.6. The molecule has 0 spiro atoms. The lowest BCUT2D eigenvalue weighted by atomic mass is 9.94. The number of benzene rings is 2. The van der Waals surface area contributed by atoms with Crippen molar-refractivity contribution < 1.29 is 23.2 Å². The predicted octanol–water partition coefficient (Wildman–Crippen LogP) is 3.20. The Morgan fingerprint density at radius 2 is 1.58 bits per heavy atom. The van der Waals surface area contributed by atoms with Crippen LogP contribution in [0.25, 0.3) is 0 Å². The van der Waals surface area contributed by atoms with Crippen molar-refractivity contribution in [1.29, 1.82) is 0 Å². The smallest absolute Gasteiger partial charge is 0.228 e. The van der Waals surface area contributed by atoms with E-state index in [9.17, 15) is 23.2 Å². The molecule has 0 aliphatic carbocycles. The predicted molar refractivity (Wildman–Crippen MR) is 111 cm³/mol. The fourth-order valence-corrected chi connectivity index (χ4v) is 4.22. The lowest BCUT2D eigenvalue weighted by Gasteiger charge is -2.33. The fourth-order valence-electron chi connectivity index (χ4n) is 4.22. The highest BCUT2D eigenvalue weighted by atomic mass is 19.1. The van der Waals surface area contributed by atoms with Gasteiger partial charge in [-0.25, -0.2) is 8.78 Å². The van der Waals surface area contributed by atoms with Crippen LogP contribution in [-0.2, 0) is 14.4 Å². The second kappa shape index (κ2) is 8.83. The van der Waals surface area contributed by atoms with Gasteiger partial charge in [0.1, 0.15) is 11.6 Å². The van der Waals surface area contributed by atoms with Crippen LogP contribution in [0.3, 0.4) is 0 Å². The van der Waals surface area contributed by atoms with Crippen LogP contribution in [0.1, 0.15) is 19.3 Å². The van der Waals surface area contributed by atoms with Crippen LogP contribution >= 0.6 is 0 Å². The maximum absolute atomic E-state index is 13.3. The normalized spacial score (nSPS) is 19.5. The van der Waals surface area contributed by atoms with E-state index in [1.165, 1.54) is 0 Å². The number of nitrogens with zero attached hydrogens (tertiary/aromatic N) is 2. The average molecular weight is 427 g/mol. The Balaban J connectivity index is 1.31. The van der Waals surface area contributed by atoms with Crippen molar-refractivity contribution in [2.75, 3.05) is 29.9 Å². The molecule has 1 N–H and O–H groups in total. The average Bonchev–Trinajstić information content (AvgIpc) is 3.15. The van der Waals surface area contributed by atoms with E-state index >= 15 is 0 Å². The quantitative estimate of drug-likeness (QED) is 0.815. The topological polar surface area (TPSA) is 69.7 Å². The monoisotopic (exact) mass is 427 g/mol. The molecule has 2 aromatic rings. The molecule has 2 saturated heterocycles. The summed E-state index contributed by atoms with van der Waals surface area (Å²) in [6.07, 6.45) is 1.09. The molecule has 6 nitrogen and oxygen atoms in total. The Kier molecular flexibility index (Phi) is 5.97. The van der Waals surface area contributed by atoms with Crippen molar-refractivity contribution in [2.24, 2.45) is 11.8 Å². The highest BCUT2D eigenvalue weighted by Crippen LogP contribution is 2.28. The standard InChI is InChI=1S/C23H23F2N3O3/c24-17-11-18(25)13-19(12-17)26-22(30)15-6-8-27(9-7-15)23(31)16-10-21(29)28(14-16)20-4-2-1-3-5-20/h1-5,11-13,15-16H,6-10,14H2,(H,26,30). The first kappa shape index (κ1) is 21.0. The van der Waals surface area contributed by atoms with Gasteiger partial charge in [0.05, 0.1) is 5.92 Å². The van der Waals surface area contributed by atoms with Crippen molar-refractivity contribution in [3.05, 3.63) is 60.2 Å². The molecule has 0 saturated carbocycles. The molecular formula is C23H23F2N3O3. The number of hydrogen-bond donors (Lipinski definition) is 1. The van der Waals surface area contributed by atoms with Gasteiger partial charge < -0.3 is 15.1 Å². The number of para-hydroxylation sites is 1. The van der Waals surface area contributed by atoms with Gasteiger partial charge in [0, 0.05) is 49.4 Å². The molecule has 0 aromatic heterocycles. The third-order valence-electron chi connectivity index (χ3n) is 5.85. The highest BCUT2D eigenvalue weighted by Gasteiger charge is 2.38. The molecule has 2 aromatic carbocycles. The van der Waals surface area contributed by atoms with E-state index in [1.807, 2.05) is 30.3 Å². The van der Waals surface area contributed by atoms with Crippen LogP contribution < -0.4 is 10.2 Å². The molecule has 4 rings (SSSR count). The van der Waals surface area contributed by atoms with Crippen molar-refractivity contribution in [2.45, 2.75) is 19.3 Å². The second-order valence-corrected chi connectivity index (χ2v) is 7.99. The van der Waals surface area contributed by atoms with Gasteiger partial charge in [-0.2, -0.15) is 0 Å². The fraction of sp³-hybridized carbons (Fsp3) is 0.348. The van der Waals surface area contributed by atoms with Crippen molar-refractivity contribution in [3.8, 4) is 0 Å². The van der Waals surface area contributed by atoms with Crippen LogP contribution in [0.15, 0.2) is 48.5 Å². The van der Waals surface area contributed by atoms with Gasteiger partial charge in [-0.1, -0.05) is 18.2 Å². The Labute approximate surface area is 178 Å². The molecule has 162 valence electrons. The molecule has 2 aliphatic heterocycles. The van der Waals surface area contributed by atoms with Crippen LogP contribution in [0.2, 0.25) is 0 Å². The van der Waals surface area contributed by atoms with E-state index in [0.717, 1.165) is 23.9 Å². The number of piperidine rings is 1. The number of rotatable bonds is 4. The van der Waals surface area contributed by atoms with Crippen LogP contribution in [-0.4, -0.2) is 42.3 Å². The van der Waals surface area contributed by atoms with Crippen molar-refractivity contribution in [3.63, 3.8) is 0 Å². The molecule has 2 fully saturated rings. The van der Waals surface area contributed by atoms with Crippen LogP contribution in [0.5, 0.6) is 0 Å². The molecule has 2 heterocycles. The number of hydrogen-bond acceptors (Lipinski definition) is 3. The minimum Gasteiger partial charge on any atom is -0.342 e. The molecule has 0 bridgehead atoms. The Morgan fingerprint density at radius 3 is 2.23 bits per heavy atom. The molecule has 2 aliphatic rings. The van der Waals surface area contributed by atoms with Gasteiger partial charge in [-0.15, -0.1) is 0 Å². The summed E-state index contributed by atoms with van der Waals surface area (Å²) in [6, 6.07) is 12.1. The van der Waals surface area contributed by atoms with E-state index in [4.69, 9.17) is 0 Å². The van der Waals surface area contributed by atoms with Crippen LogP contribution in [0.4, 0.5) is 20.2 Å². The third-order valence-corrected chi connectivity index (χ3v) is 5.85. The summed E-state index contributed by atoms with van der Waals surface area (Å²) in [7, 11) is 0. The summed E-state index contributed by atoms with van der Waals surface area (Å²) in [5.74, 6) is -2.71. The molecular weight excluding hydrogens is 404 g/mol. The van der Waals surface area contributed by atoms with Crippen molar-refractivity contribution >= 4 is 29.1 Å². The zero-order chi connectivity index (χ0) is 22.0. The van der Waals surface area contributed by atoms with E-state index in [2.05, 4.69) is 5.32 Å². The number of likely N-dealkylation sites (tertiary alicyclic amines) is 1. The minimum absolute atomic E-state index is 0.0684. The highest BCUT2D eigenvalue weighted by molar-refractivity contribution is 6.00. The molecule has 8 heteroatoms. The van der Waals surface area contributed by atoms with Gasteiger partial charge in [0.15, 0.2) is 0 Å². The number of carbonyl (C=O) groups excluding carboxylic acids is 3. The second-order valence-electron chi connectivity index (χ2n) is 7.99. The summed E-state index contributed by atoms with van der Waals surface area (Å²) in [5.41, 5.74) is 0.860. The zero-order valence-electron chi connectivity index (χ0n) is 16.9. The van der Waals surface area contributed by atoms with Crippen molar-refractivity contribution in [1.82, 2.24) is 4.90 Å². The molecule has 3 amide bonds. The molecule has 31 heavy (non-hydrogen) atoms. The minimum atomic E-state index is -0.758.